The zero-order chi connectivity index (χ0) is 22.3. The van der Waals surface area contributed by atoms with E-state index in [1.54, 1.807) is 6.20 Å². The van der Waals surface area contributed by atoms with Crippen LogP contribution in [0.5, 0.6) is 0 Å². The number of likely N-dealkylation sites (tertiary alicyclic amines) is 1. The van der Waals surface area contributed by atoms with Gasteiger partial charge in [0.2, 0.25) is 17.7 Å². The molecule has 0 radical (unpaired) electrons. The van der Waals surface area contributed by atoms with Crippen LogP contribution in [0.4, 0.5) is 0 Å². The molecule has 11 nitrogen and oxygen atoms in total. The van der Waals surface area contributed by atoms with Crippen LogP contribution in [0.25, 0.3) is 0 Å². The molecule has 4 atom stereocenters. The molecular formula is C19H30N6O5. The molecule has 2 rings (SSSR count). The maximum atomic E-state index is 13.3. The summed E-state index contributed by atoms with van der Waals surface area (Å²) in [6.45, 7) is 3.61. The fourth-order valence-electron chi connectivity index (χ4n) is 3.38. The van der Waals surface area contributed by atoms with Crippen LogP contribution in [0.2, 0.25) is 0 Å². The minimum Gasteiger partial charge on any atom is -0.480 e. The monoisotopic (exact) mass is 422 g/mol. The minimum absolute atomic E-state index is 0.0609. The second kappa shape index (κ2) is 10.7. The van der Waals surface area contributed by atoms with Crippen molar-refractivity contribution in [3.8, 4) is 0 Å². The Kier molecular flexibility index (Phi) is 8.34. The zero-order valence-corrected chi connectivity index (χ0v) is 17.3. The molecule has 4 unspecified atom stereocenters. The Hall–Kier alpha value is -2.95. The number of carbonyl (C=O) groups excluding carboxylic acids is 3. The van der Waals surface area contributed by atoms with Crippen LogP contribution in [0.1, 0.15) is 38.8 Å². The predicted octanol–water partition coefficient (Wildman–Crippen LogP) is -0.998. The number of carbonyl (C=O) groups is 4. The summed E-state index contributed by atoms with van der Waals surface area (Å²) < 4.78 is 0. The molecule has 0 aliphatic carbocycles. The number of nitrogens with two attached hydrogens (primary N) is 1. The number of carboxylic acid groups (broad SMARTS) is 1. The van der Waals surface area contributed by atoms with Crippen LogP contribution in [0.15, 0.2) is 12.5 Å². The van der Waals surface area contributed by atoms with Gasteiger partial charge in [-0.1, -0.05) is 20.3 Å². The summed E-state index contributed by atoms with van der Waals surface area (Å²) in [6.07, 6.45) is 4.94. The van der Waals surface area contributed by atoms with E-state index in [9.17, 15) is 19.2 Å². The second-order valence-electron chi connectivity index (χ2n) is 7.55. The highest BCUT2D eigenvalue weighted by atomic mass is 16.4. The SMILES string of the molecule is CCC(C)C(N)C(=O)NC(Cc1cnc[nH]1)C(=O)N1CCCC1C(=O)NCC(=O)O. The topological polar surface area (TPSA) is 171 Å². The molecule has 1 saturated heterocycles. The van der Waals surface area contributed by atoms with Gasteiger partial charge in [0, 0.05) is 24.9 Å². The van der Waals surface area contributed by atoms with E-state index in [-0.39, 0.29) is 12.3 Å². The number of H-pyrrole nitrogens is 1. The van der Waals surface area contributed by atoms with Crippen LogP contribution in [-0.2, 0) is 25.6 Å². The number of amides is 3. The Morgan fingerprint density at radius 2 is 2.13 bits per heavy atom. The number of carboxylic acids is 1. The smallest absolute Gasteiger partial charge is 0.322 e. The standard InChI is InChI=1S/C19H30N6O5/c1-3-11(2)16(20)18(29)24-13(7-12-8-21-10-23-12)19(30)25-6-4-5-14(25)17(28)22-9-15(26)27/h8,10-11,13-14,16H,3-7,9,20H2,1-2H3,(H,21,23)(H,22,28)(H,24,29)(H,26,27). The fraction of sp³-hybridized carbons (Fsp3) is 0.632. The van der Waals surface area contributed by atoms with Gasteiger partial charge in [-0.2, -0.15) is 0 Å². The predicted molar refractivity (Wildman–Crippen MR) is 107 cm³/mol. The number of aromatic amines is 1. The van der Waals surface area contributed by atoms with E-state index >= 15 is 0 Å². The van der Waals surface area contributed by atoms with Crippen LogP contribution < -0.4 is 16.4 Å². The average Bonchev–Trinajstić information content (AvgIpc) is 3.41. The Labute approximate surface area is 174 Å². The van der Waals surface area contributed by atoms with Crippen molar-refractivity contribution in [3.05, 3.63) is 18.2 Å². The van der Waals surface area contributed by atoms with Crippen LogP contribution in [0.3, 0.4) is 0 Å². The van der Waals surface area contributed by atoms with Gasteiger partial charge in [-0.3, -0.25) is 19.2 Å². The minimum atomic E-state index is -1.16. The van der Waals surface area contributed by atoms with Gasteiger partial charge in [0.15, 0.2) is 0 Å². The van der Waals surface area contributed by atoms with E-state index < -0.39 is 48.4 Å². The molecule has 0 bridgehead atoms. The van der Waals surface area contributed by atoms with Gasteiger partial charge in [0.1, 0.15) is 18.6 Å². The molecule has 1 aliphatic heterocycles. The third-order valence-electron chi connectivity index (χ3n) is 5.41. The summed E-state index contributed by atoms with van der Waals surface area (Å²) in [5, 5.41) is 13.8. The largest absolute Gasteiger partial charge is 0.480 e. The first-order valence-corrected chi connectivity index (χ1v) is 10.1. The third kappa shape index (κ3) is 6.02. The van der Waals surface area contributed by atoms with Gasteiger partial charge in [-0.15, -0.1) is 0 Å². The quantitative estimate of drug-likeness (QED) is 0.322. The molecule has 30 heavy (non-hydrogen) atoms. The lowest BCUT2D eigenvalue weighted by Gasteiger charge is -2.29. The summed E-state index contributed by atoms with van der Waals surface area (Å²) in [6, 6.07) is -2.47. The van der Waals surface area contributed by atoms with Crippen LogP contribution in [0, 0.1) is 5.92 Å². The number of aromatic nitrogens is 2. The molecule has 1 aromatic heterocycles. The maximum absolute atomic E-state index is 13.3. The number of imidazole rings is 1. The molecule has 0 spiro atoms. The molecule has 1 aliphatic rings. The Morgan fingerprint density at radius 1 is 1.40 bits per heavy atom. The van der Waals surface area contributed by atoms with Crippen LogP contribution in [-0.4, -0.2) is 74.9 Å². The van der Waals surface area contributed by atoms with Crippen LogP contribution >= 0.6 is 0 Å². The number of nitrogens with one attached hydrogen (secondary N) is 3. The Morgan fingerprint density at radius 3 is 2.73 bits per heavy atom. The summed E-state index contributed by atoms with van der Waals surface area (Å²) in [7, 11) is 0. The van der Waals surface area contributed by atoms with E-state index in [4.69, 9.17) is 10.8 Å². The lowest BCUT2D eigenvalue weighted by molar-refractivity contribution is -0.143. The van der Waals surface area contributed by atoms with E-state index in [0.29, 0.717) is 31.5 Å². The zero-order valence-electron chi connectivity index (χ0n) is 17.3. The normalized spacial score (nSPS) is 19.0. The maximum Gasteiger partial charge on any atom is 0.322 e. The summed E-state index contributed by atoms with van der Waals surface area (Å²) >= 11 is 0. The van der Waals surface area contributed by atoms with Gasteiger partial charge in [-0.05, 0) is 18.8 Å². The highest BCUT2D eigenvalue weighted by molar-refractivity contribution is 5.94. The van der Waals surface area contributed by atoms with E-state index in [2.05, 4.69) is 20.6 Å². The van der Waals surface area contributed by atoms with Crippen molar-refractivity contribution >= 4 is 23.7 Å². The first kappa shape index (κ1) is 23.3. The first-order chi connectivity index (χ1) is 14.2. The van der Waals surface area contributed by atoms with Crippen molar-refractivity contribution in [1.29, 1.82) is 0 Å². The van der Waals surface area contributed by atoms with Gasteiger partial charge >= 0.3 is 5.97 Å². The highest BCUT2D eigenvalue weighted by Gasteiger charge is 2.38. The molecular weight excluding hydrogens is 392 g/mol. The number of hydrogen-bond acceptors (Lipinski definition) is 6. The van der Waals surface area contributed by atoms with Gasteiger partial charge < -0.3 is 31.4 Å². The molecule has 2 heterocycles. The van der Waals surface area contributed by atoms with Crippen molar-refractivity contribution in [3.63, 3.8) is 0 Å². The van der Waals surface area contributed by atoms with E-state index in [0.717, 1.165) is 0 Å². The highest BCUT2D eigenvalue weighted by Crippen LogP contribution is 2.20. The molecule has 1 aromatic rings. The van der Waals surface area contributed by atoms with Gasteiger partial charge in [-0.25, -0.2) is 4.98 Å². The van der Waals surface area contributed by atoms with E-state index in [1.807, 2.05) is 13.8 Å². The molecule has 1 fully saturated rings. The summed E-state index contributed by atoms with van der Waals surface area (Å²) in [5.41, 5.74) is 6.66. The van der Waals surface area contributed by atoms with Crippen molar-refractivity contribution in [2.75, 3.05) is 13.1 Å². The molecule has 166 valence electrons. The van der Waals surface area contributed by atoms with Crippen molar-refractivity contribution in [1.82, 2.24) is 25.5 Å². The number of aliphatic carboxylic acids is 1. The van der Waals surface area contributed by atoms with Gasteiger partial charge in [0.25, 0.3) is 0 Å². The molecule has 0 saturated carbocycles. The summed E-state index contributed by atoms with van der Waals surface area (Å²) in [5.74, 6) is -2.60. The number of rotatable bonds is 10. The number of hydrogen-bond donors (Lipinski definition) is 5. The van der Waals surface area contributed by atoms with Gasteiger partial charge in [0.05, 0.1) is 12.4 Å². The third-order valence-corrected chi connectivity index (χ3v) is 5.41. The lowest BCUT2D eigenvalue weighted by atomic mass is 9.98. The fourth-order valence-corrected chi connectivity index (χ4v) is 3.38. The van der Waals surface area contributed by atoms with Crippen molar-refractivity contribution < 1.29 is 24.3 Å². The summed E-state index contributed by atoms with van der Waals surface area (Å²) in [4.78, 5) is 57.2. The van der Waals surface area contributed by atoms with Crippen molar-refractivity contribution in [2.45, 2.75) is 57.7 Å². The Balaban J connectivity index is 2.15. The molecule has 3 amide bonds. The average molecular weight is 422 g/mol. The van der Waals surface area contributed by atoms with Crippen molar-refractivity contribution in [2.24, 2.45) is 11.7 Å². The molecule has 0 aromatic carbocycles. The Bertz CT molecular complexity index is 753. The second-order valence-corrected chi connectivity index (χ2v) is 7.55. The number of nitrogens with zero attached hydrogens (tertiary/aromatic N) is 2. The molecule has 6 N–H and O–H groups in total. The first-order valence-electron chi connectivity index (χ1n) is 10.1. The molecule has 11 heteroatoms. The lowest BCUT2D eigenvalue weighted by Crippen LogP contribution is -2.57. The van der Waals surface area contributed by atoms with E-state index in [1.165, 1.54) is 11.2 Å².